The number of carbonyl (C=O) groups excluding carboxylic acids is 1. The van der Waals surface area contributed by atoms with Crippen molar-refractivity contribution in [3.63, 3.8) is 0 Å². The first-order chi connectivity index (χ1) is 15.8. The Kier molecular flexibility index (Phi) is 3.84. The second-order valence-electron chi connectivity index (χ2n) is 9.15. The topological polar surface area (TPSA) is 136 Å². The van der Waals surface area contributed by atoms with E-state index in [-0.39, 0.29) is 40.4 Å². The summed E-state index contributed by atoms with van der Waals surface area (Å²) in [6.45, 7) is 0.778. The summed E-state index contributed by atoms with van der Waals surface area (Å²) in [7, 11) is 2.03. The Balaban J connectivity index is 1.64. The summed E-state index contributed by atoms with van der Waals surface area (Å²) >= 11 is 0. The first kappa shape index (κ1) is 19.9. The van der Waals surface area contributed by atoms with Crippen LogP contribution in [-0.4, -0.2) is 51.4 Å². The Morgan fingerprint density at radius 3 is 2.73 bits per heavy atom. The van der Waals surface area contributed by atoms with Crippen molar-refractivity contribution in [2.75, 3.05) is 13.6 Å². The number of hydrogen-bond donors (Lipinski definition) is 1. The number of phenolic OH excluding ortho intramolecular Hbond substituents is 1. The third kappa shape index (κ3) is 2.33. The molecular weight excluding hydrogens is 430 g/mol. The van der Waals surface area contributed by atoms with Gasteiger partial charge in [-0.25, -0.2) is 0 Å². The minimum atomic E-state index is -0.811. The van der Waals surface area contributed by atoms with Crippen LogP contribution in [0, 0.1) is 26.1 Å². The van der Waals surface area contributed by atoms with Crippen molar-refractivity contribution >= 4 is 17.2 Å². The summed E-state index contributed by atoms with van der Waals surface area (Å²) in [4.78, 5) is 36.7. The maximum atomic E-state index is 12.9. The minimum Gasteiger partial charge on any atom is -0.504 e. The average Bonchev–Trinajstić information content (AvgIpc) is 3.14. The van der Waals surface area contributed by atoms with E-state index in [0.29, 0.717) is 12.8 Å². The lowest BCUT2D eigenvalue weighted by molar-refractivity contribution is -0.422. The van der Waals surface area contributed by atoms with Crippen LogP contribution in [0.1, 0.15) is 17.5 Å². The highest BCUT2D eigenvalue weighted by Gasteiger charge is 2.64. The SMILES string of the molecule is CN1CC[C@]23c4c5cc(-c6cccc([N+](=O)[O-])c6[N+](=O)[O-])c(O)c4O[C@H]2C(=O)C=C[C@H]3[C@H]1C5. The molecule has 0 radical (unpaired) electrons. The predicted octanol–water partition coefficient (Wildman–Crippen LogP) is 2.89. The maximum Gasteiger partial charge on any atom is 0.353 e. The number of nitrogens with zero attached hydrogens (tertiary/aromatic N) is 3. The highest BCUT2D eigenvalue weighted by molar-refractivity contribution is 5.99. The zero-order valence-electron chi connectivity index (χ0n) is 17.6. The number of nitro benzene ring substituents is 2. The summed E-state index contributed by atoms with van der Waals surface area (Å²) in [5.74, 6) is -0.283. The Morgan fingerprint density at radius 1 is 1.21 bits per heavy atom. The number of nitro groups is 2. The van der Waals surface area contributed by atoms with Crippen LogP contribution in [0.25, 0.3) is 11.1 Å². The molecule has 6 rings (SSSR count). The van der Waals surface area contributed by atoms with E-state index in [0.717, 1.165) is 23.7 Å². The molecule has 2 aliphatic heterocycles. The van der Waals surface area contributed by atoms with Crippen molar-refractivity contribution in [3.05, 3.63) is 67.8 Å². The Bertz CT molecular complexity index is 1320. The van der Waals surface area contributed by atoms with Crippen LogP contribution in [0.4, 0.5) is 11.4 Å². The first-order valence-electron chi connectivity index (χ1n) is 10.7. The predicted molar refractivity (Wildman–Crippen MR) is 115 cm³/mol. The molecule has 1 saturated heterocycles. The summed E-state index contributed by atoms with van der Waals surface area (Å²) in [5, 5.41) is 34.5. The maximum absolute atomic E-state index is 12.9. The molecule has 168 valence electrons. The van der Waals surface area contributed by atoms with Gasteiger partial charge in [-0.15, -0.1) is 0 Å². The lowest BCUT2D eigenvalue weighted by Crippen LogP contribution is -2.64. The molecule has 2 aromatic carbocycles. The van der Waals surface area contributed by atoms with Crippen LogP contribution in [0.2, 0.25) is 0 Å². The lowest BCUT2D eigenvalue weighted by Gasteiger charge is -2.55. The zero-order chi connectivity index (χ0) is 23.2. The normalized spacial score (nSPS) is 28.9. The zero-order valence-corrected chi connectivity index (χ0v) is 17.6. The molecule has 10 heteroatoms. The first-order valence-corrected chi connectivity index (χ1v) is 10.7. The monoisotopic (exact) mass is 449 g/mol. The van der Waals surface area contributed by atoms with Crippen LogP contribution in [0.5, 0.6) is 11.5 Å². The number of likely N-dealkylation sites (N-methyl/N-ethyl adjacent to an activating group) is 1. The standard InChI is InChI=1S/C23H19N3O7/c1-24-8-7-23-14-5-6-17(27)22(23)33-21-18(23)11(10-16(14)24)9-13(20(21)28)12-3-2-4-15(25(29)30)19(12)26(31)32/h2-6,9,14,16,22,28H,7-8,10H2,1H3/t14-,16+,22-,23-/m0/s1. The second kappa shape index (κ2) is 6.38. The van der Waals surface area contributed by atoms with E-state index >= 15 is 0 Å². The van der Waals surface area contributed by atoms with Crippen molar-refractivity contribution in [1.82, 2.24) is 4.90 Å². The fraction of sp³-hybridized carbons (Fsp3) is 0.348. The number of likely N-dealkylation sites (tertiary alicyclic amines) is 1. The number of piperidine rings is 1. The molecule has 0 unspecified atom stereocenters. The van der Waals surface area contributed by atoms with Crippen LogP contribution in [0.3, 0.4) is 0 Å². The fourth-order valence-corrected chi connectivity index (χ4v) is 6.45. The molecule has 0 saturated carbocycles. The van der Waals surface area contributed by atoms with Gasteiger partial charge in [-0.05, 0) is 50.2 Å². The number of hydrogen-bond acceptors (Lipinski definition) is 8. The highest BCUT2D eigenvalue weighted by Crippen LogP contribution is 2.63. The van der Waals surface area contributed by atoms with Gasteiger partial charge in [0.05, 0.1) is 20.8 Å². The number of aromatic hydroxyl groups is 1. The highest BCUT2D eigenvalue weighted by atomic mass is 16.6. The molecule has 1 fully saturated rings. The number of carbonyl (C=O) groups is 1. The molecule has 2 heterocycles. The number of benzene rings is 2. The number of ketones is 1. The van der Waals surface area contributed by atoms with E-state index in [1.165, 1.54) is 12.1 Å². The smallest absolute Gasteiger partial charge is 0.353 e. The molecule has 1 spiro atoms. The lowest BCUT2D eigenvalue weighted by atomic mass is 9.53. The fourth-order valence-electron chi connectivity index (χ4n) is 6.45. The number of rotatable bonds is 3. The van der Waals surface area contributed by atoms with Gasteiger partial charge in [0, 0.05) is 29.2 Å². The number of phenols is 1. The van der Waals surface area contributed by atoms with Crippen molar-refractivity contribution in [1.29, 1.82) is 0 Å². The molecule has 0 aromatic heterocycles. The van der Waals surface area contributed by atoms with Crippen LogP contribution >= 0.6 is 0 Å². The van der Waals surface area contributed by atoms with Crippen LogP contribution < -0.4 is 4.74 Å². The molecule has 2 aliphatic carbocycles. The van der Waals surface area contributed by atoms with Gasteiger partial charge >= 0.3 is 11.4 Å². The van der Waals surface area contributed by atoms with Gasteiger partial charge < -0.3 is 14.7 Å². The molecule has 4 aliphatic rings. The van der Waals surface area contributed by atoms with E-state index in [9.17, 15) is 30.1 Å². The Hall–Kier alpha value is -3.79. The van der Waals surface area contributed by atoms with Crippen LogP contribution in [-0.2, 0) is 16.6 Å². The van der Waals surface area contributed by atoms with Gasteiger partial charge in [-0.2, -0.15) is 0 Å². The van der Waals surface area contributed by atoms with Crippen molar-refractivity contribution in [2.24, 2.45) is 5.92 Å². The van der Waals surface area contributed by atoms with E-state index in [4.69, 9.17) is 4.74 Å². The van der Waals surface area contributed by atoms with Crippen molar-refractivity contribution in [3.8, 4) is 22.6 Å². The van der Waals surface area contributed by atoms with E-state index in [1.54, 1.807) is 12.1 Å². The largest absolute Gasteiger partial charge is 0.504 e. The summed E-state index contributed by atoms with van der Waals surface area (Å²) in [6.07, 6.45) is 4.03. The average molecular weight is 449 g/mol. The van der Waals surface area contributed by atoms with Crippen molar-refractivity contribution < 1.29 is 24.5 Å². The third-order valence-corrected chi connectivity index (χ3v) is 7.80. The molecule has 2 aromatic rings. The molecule has 10 nitrogen and oxygen atoms in total. The van der Waals surface area contributed by atoms with Crippen LogP contribution in [0.15, 0.2) is 36.4 Å². The van der Waals surface area contributed by atoms with Gasteiger partial charge in [-0.3, -0.25) is 25.0 Å². The molecule has 1 N–H and O–H groups in total. The molecule has 2 bridgehead atoms. The molecule has 4 atom stereocenters. The minimum absolute atomic E-state index is 0.0464. The van der Waals surface area contributed by atoms with Gasteiger partial charge in [0.1, 0.15) is 0 Å². The van der Waals surface area contributed by atoms with E-state index < -0.39 is 32.7 Å². The Morgan fingerprint density at radius 2 is 2.00 bits per heavy atom. The van der Waals surface area contributed by atoms with Gasteiger partial charge in [-0.1, -0.05) is 12.1 Å². The molecule has 33 heavy (non-hydrogen) atoms. The third-order valence-electron chi connectivity index (χ3n) is 7.80. The number of para-hydroxylation sites is 1. The summed E-state index contributed by atoms with van der Waals surface area (Å²) in [5.41, 5.74) is -0.264. The van der Waals surface area contributed by atoms with Gasteiger partial charge in [0.2, 0.25) is 0 Å². The second-order valence-corrected chi connectivity index (χ2v) is 9.15. The summed E-state index contributed by atoms with van der Waals surface area (Å²) in [6, 6.07) is 5.58. The van der Waals surface area contributed by atoms with Crippen molar-refractivity contribution in [2.45, 2.75) is 30.4 Å². The van der Waals surface area contributed by atoms with Gasteiger partial charge in [0.25, 0.3) is 0 Å². The quantitative estimate of drug-likeness (QED) is 0.558. The molecular formula is C23H19N3O7. The summed E-state index contributed by atoms with van der Waals surface area (Å²) < 4.78 is 6.12. The van der Waals surface area contributed by atoms with E-state index in [2.05, 4.69) is 4.90 Å². The number of ether oxygens (including phenoxy) is 1. The Labute approximate surface area is 187 Å². The van der Waals surface area contributed by atoms with E-state index in [1.807, 2.05) is 13.1 Å². The van der Waals surface area contributed by atoms with Gasteiger partial charge in [0.15, 0.2) is 23.4 Å². The molecule has 0 amide bonds.